The molecule has 41 heavy (non-hydrogen) atoms. The van der Waals surface area contributed by atoms with Crippen molar-refractivity contribution in [3.05, 3.63) is 89.5 Å². The summed E-state index contributed by atoms with van der Waals surface area (Å²) in [4.78, 5) is 16.3. The second-order valence-electron chi connectivity index (χ2n) is 9.34. The van der Waals surface area contributed by atoms with Crippen molar-refractivity contribution in [3.63, 3.8) is 0 Å². The first-order valence-corrected chi connectivity index (χ1v) is 13.4. The van der Waals surface area contributed by atoms with E-state index in [2.05, 4.69) is 10.3 Å². The van der Waals surface area contributed by atoms with Gasteiger partial charge in [0.25, 0.3) is 15.6 Å². The van der Waals surface area contributed by atoms with Gasteiger partial charge in [-0.05, 0) is 60.4 Å². The summed E-state index contributed by atoms with van der Waals surface area (Å²) in [5.74, 6) is -1.33. The second kappa shape index (κ2) is 10.9. The molecule has 3 aromatic rings. The van der Waals surface area contributed by atoms with Crippen LogP contribution in [0.15, 0.2) is 71.9 Å². The van der Waals surface area contributed by atoms with Crippen molar-refractivity contribution in [2.24, 2.45) is 0 Å². The smallest absolute Gasteiger partial charge is 0.369 e. The third-order valence-corrected chi connectivity index (χ3v) is 8.52. The Morgan fingerprint density at radius 2 is 1.68 bits per heavy atom. The van der Waals surface area contributed by atoms with E-state index in [1.54, 1.807) is 12.1 Å². The van der Waals surface area contributed by atoms with Crippen LogP contribution in [0, 0.1) is 5.82 Å². The number of carbonyl (C=O) groups excluding carboxylic acids is 1. The van der Waals surface area contributed by atoms with Gasteiger partial charge < -0.3 is 10.4 Å². The van der Waals surface area contributed by atoms with Gasteiger partial charge in [-0.3, -0.25) is 14.1 Å². The minimum Gasteiger partial charge on any atom is -0.369 e. The van der Waals surface area contributed by atoms with Crippen LogP contribution < -0.4 is 9.62 Å². The lowest BCUT2D eigenvalue weighted by Gasteiger charge is -2.39. The lowest BCUT2D eigenvalue weighted by atomic mass is 9.87. The number of halogens is 7. The molecule has 2 aromatic carbocycles. The van der Waals surface area contributed by atoms with Gasteiger partial charge in [-0.15, -0.1) is 0 Å². The number of nitrogens with one attached hydrogen (secondary N) is 1. The first kappa shape index (κ1) is 30.2. The van der Waals surface area contributed by atoms with Gasteiger partial charge in [0.05, 0.1) is 16.6 Å². The van der Waals surface area contributed by atoms with Gasteiger partial charge in [0, 0.05) is 30.9 Å². The van der Waals surface area contributed by atoms with Gasteiger partial charge in [-0.25, -0.2) is 12.8 Å². The number of pyridine rings is 1. The monoisotopic (exact) mass is 605 g/mol. The van der Waals surface area contributed by atoms with Crippen LogP contribution in [0.3, 0.4) is 0 Å². The fourth-order valence-corrected chi connectivity index (χ4v) is 6.29. The molecule has 0 radical (unpaired) electrons. The molecule has 15 heteroatoms. The highest BCUT2D eigenvalue weighted by Gasteiger charge is 2.71. The minimum absolute atomic E-state index is 0.0670. The fourth-order valence-electron chi connectivity index (χ4n) is 4.57. The first-order chi connectivity index (χ1) is 19.1. The van der Waals surface area contributed by atoms with Crippen molar-refractivity contribution in [3.8, 4) is 0 Å². The van der Waals surface area contributed by atoms with Crippen LogP contribution in [0.25, 0.3) is 0 Å². The Balaban J connectivity index is 1.74. The van der Waals surface area contributed by atoms with Crippen LogP contribution in [0.2, 0.25) is 0 Å². The van der Waals surface area contributed by atoms with Crippen molar-refractivity contribution in [1.82, 2.24) is 10.3 Å². The number of carbonyl (C=O) groups is 1. The number of rotatable bonds is 7. The molecule has 4 rings (SSSR count). The Kier molecular flexibility index (Phi) is 8.06. The number of aryl methyl sites for hydroxylation is 1. The van der Waals surface area contributed by atoms with Crippen LogP contribution >= 0.6 is 0 Å². The van der Waals surface area contributed by atoms with E-state index in [1.807, 2.05) is 0 Å². The Bertz CT molecular complexity index is 1500. The molecular formula is C26H22F7N3O4S. The number of aromatic nitrogens is 1. The maximum absolute atomic E-state index is 13.7. The average molecular weight is 606 g/mol. The molecule has 0 saturated heterocycles. The highest BCUT2D eigenvalue weighted by Crippen LogP contribution is 2.51. The summed E-state index contributed by atoms with van der Waals surface area (Å²) < 4.78 is 123. The molecule has 1 amide bonds. The van der Waals surface area contributed by atoms with Crippen LogP contribution in [0.1, 0.15) is 29.5 Å². The summed E-state index contributed by atoms with van der Waals surface area (Å²) in [7, 11) is -4.59. The quantitative estimate of drug-likeness (QED) is 0.379. The molecule has 1 aromatic heterocycles. The number of amides is 1. The highest BCUT2D eigenvalue weighted by atomic mass is 32.2. The summed E-state index contributed by atoms with van der Waals surface area (Å²) in [6.07, 6.45) is -10.0. The Morgan fingerprint density at radius 1 is 1.02 bits per heavy atom. The number of benzene rings is 2. The van der Waals surface area contributed by atoms with E-state index < -0.39 is 62.6 Å². The molecule has 0 spiro atoms. The zero-order valence-corrected chi connectivity index (χ0v) is 21.7. The molecular weight excluding hydrogens is 583 g/mol. The van der Waals surface area contributed by atoms with Crippen molar-refractivity contribution in [2.75, 3.05) is 4.31 Å². The molecule has 0 unspecified atom stereocenters. The van der Waals surface area contributed by atoms with Crippen molar-refractivity contribution in [1.29, 1.82) is 0 Å². The lowest BCUT2D eigenvalue weighted by molar-refractivity contribution is -0.376. The number of anilines is 1. The summed E-state index contributed by atoms with van der Waals surface area (Å²) in [5, 5.41) is 12.5. The van der Waals surface area contributed by atoms with Crippen LogP contribution in [-0.4, -0.2) is 42.8 Å². The van der Waals surface area contributed by atoms with E-state index in [0.29, 0.717) is 17.7 Å². The number of alkyl halides is 6. The topological polar surface area (TPSA) is 99.6 Å². The first-order valence-electron chi connectivity index (χ1n) is 12.0. The van der Waals surface area contributed by atoms with Crippen molar-refractivity contribution in [2.45, 2.75) is 54.7 Å². The van der Waals surface area contributed by atoms with Crippen LogP contribution in [0.4, 0.5) is 36.4 Å². The molecule has 0 fully saturated rings. The number of fused-ring (bicyclic) bond motifs is 1. The molecule has 7 nitrogen and oxygen atoms in total. The van der Waals surface area contributed by atoms with E-state index in [0.717, 1.165) is 34.6 Å². The Hall–Kier alpha value is -3.72. The van der Waals surface area contributed by atoms with Gasteiger partial charge in [-0.1, -0.05) is 18.2 Å². The summed E-state index contributed by atoms with van der Waals surface area (Å²) in [6.45, 7) is 0.0670. The number of nitrogens with zero attached hydrogens (tertiary/aromatic N) is 2. The fraction of sp³-hybridized carbons (Fsp3) is 0.308. The summed E-state index contributed by atoms with van der Waals surface area (Å²) >= 11 is 0. The second-order valence-corrected chi connectivity index (χ2v) is 11.2. The van der Waals surface area contributed by atoms with Gasteiger partial charge in [0.2, 0.25) is 5.91 Å². The maximum atomic E-state index is 13.7. The number of aliphatic hydroxyl groups is 1. The van der Waals surface area contributed by atoms with Crippen molar-refractivity contribution >= 4 is 21.6 Å². The van der Waals surface area contributed by atoms with Crippen LogP contribution in [-0.2, 0) is 33.4 Å². The zero-order chi connectivity index (χ0) is 30.2. The van der Waals surface area contributed by atoms with E-state index >= 15 is 0 Å². The normalized spacial score (nSPS) is 16.3. The molecule has 2 heterocycles. The Labute approximate surface area is 229 Å². The Morgan fingerprint density at radius 3 is 2.27 bits per heavy atom. The van der Waals surface area contributed by atoms with Gasteiger partial charge in [0.15, 0.2) is 0 Å². The molecule has 220 valence electrons. The molecule has 1 atom stereocenters. The predicted molar refractivity (Wildman–Crippen MR) is 131 cm³/mol. The molecule has 0 aliphatic carbocycles. The lowest BCUT2D eigenvalue weighted by Crippen LogP contribution is -2.54. The van der Waals surface area contributed by atoms with E-state index in [4.69, 9.17) is 0 Å². The standard InChI is InChI=1S/C26H22F7N3O4S/c27-19-5-8-21(9-6-19)41(39,40)36-20(13-23(37)35-15-16-2-1-11-34-14-16)7-3-17-12-18(4-10-22(17)36)24(38,25(28,29)30)26(31,32)33/h1-2,4-6,8-12,14,20,38H,3,7,13,15H2,(H,35,37)/t20-/m0/s1. The number of hydrogen-bond donors (Lipinski definition) is 2. The number of sulfonamides is 1. The van der Waals surface area contributed by atoms with Gasteiger partial charge >= 0.3 is 12.4 Å². The van der Waals surface area contributed by atoms with Gasteiger partial charge in [0.1, 0.15) is 5.82 Å². The molecule has 1 aliphatic rings. The molecule has 2 N–H and O–H groups in total. The third kappa shape index (κ3) is 5.86. The summed E-state index contributed by atoms with van der Waals surface area (Å²) in [5.41, 5.74) is -6.60. The van der Waals surface area contributed by atoms with E-state index in [1.165, 1.54) is 12.4 Å². The zero-order valence-electron chi connectivity index (χ0n) is 20.9. The van der Waals surface area contributed by atoms with Crippen molar-refractivity contribution < 1.29 is 49.1 Å². The average Bonchev–Trinajstić information content (AvgIpc) is 2.90. The van der Waals surface area contributed by atoms with E-state index in [9.17, 15) is 49.1 Å². The highest BCUT2D eigenvalue weighted by molar-refractivity contribution is 7.92. The molecule has 0 bridgehead atoms. The minimum atomic E-state index is -6.14. The van der Waals surface area contributed by atoms with Gasteiger partial charge in [-0.2, -0.15) is 26.3 Å². The third-order valence-electron chi connectivity index (χ3n) is 6.64. The SMILES string of the molecule is O=C(C[C@@H]1CCc2cc(C(O)(C(F)(F)F)C(F)(F)F)ccc2N1S(=O)(=O)c1ccc(F)cc1)NCc1cccnc1. The largest absolute Gasteiger partial charge is 0.430 e. The van der Waals surface area contributed by atoms with Crippen LogP contribution in [0.5, 0.6) is 0 Å². The van der Waals surface area contributed by atoms with E-state index in [-0.39, 0.29) is 30.6 Å². The molecule has 0 saturated carbocycles. The number of hydrogen-bond acceptors (Lipinski definition) is 5. The predicted octanol–water partition coefficient (Wildman–Crippen LogP) is 4.75. The summed E-state index contributed by atoms with van der Waals surface area (Å²) in [6, 6.07) is 7.39. The maximum Gasteiger partial charge on any atom is 0.430 e. The molecule has 1 aliphatic heterocycles.